The summed E-state index contributed by atoms with van der Waals surface area (Å²) in [6.07, 6.45) is 2.77. The molecule has 1 amide bonds. The molecule has 7 nitrogen and oxygen atoms in total. The Bertz CT molecular complexity index is 518. The molecule has 1 aromatic rings. The maximum atomic E-state index is 11.7. The molecule has 108 valence electrons. The van der Waals surface area contributed by atoms with E-state index >= 15 is 0 Å². The number of carbonyl (C=O) groups excluding carboxylic acids is 2. The van der Waals surface area contributed by atoms with Crippen LogP contribution in [0, 0.1) is 0 Å². The molecule has 0 aromatic carbocycles. The van der Waals surface area contributed by atoms with E-state index in [9.17, 15) is 9.59 Å². The molecule has 20 heavy (non-hydrogen) atoms. The summed E-state index contributed by atoms with van der Waals surface area (Å²) in [7, 11) is 0. The minimum absolute atomic E-state index is 0.0641. The lowest BCUT2D eigenvalue weighted by atomic mass is 10.2. The summed E-state index contributed by atoms with van der Waals surface area (Å²) >= 11 is 0. The number of nitrogens with two attached hydrogens (primary N) is 1. The lowest BCUT2D eigenvalue weighted by Gasteiger charge is -2.13. The van der Waals surface area contributed by atoms with E-state index in [0.717, 1.165) is 6.42 Å². The summed E-state index contributed by atoms with van der Waals surface area (Å²) < 4.78 is 4.92. The summed E-state index contributed by atoms with van der Waals surface area (Å²) in [5, 5.41) is 5.93. The van der Waals surface area contributed by atoms with Crippen LogP contribution in [0.5, 0.6) is 0 Å². The first-order valence-electron chi connectivity index (χ1n) is 6.56. The number of anilines is 2. The molecule has 2 heterocycles. The third-order valence-corrected chi connectivity index (χ3v) is 3.04. The minimum atomic E-state index is -0.468. The third kappa shape index (κ3) is 3.37. The van der Waals surface area contributed by atoms with Gasteiger partial charge in [-0.05, 0) is 19.4 Å². The number of rotatable bonds is 5. The van der Waals surface area contributed by atoms with Crippen molar-refractivity contribution in [3.05, 3.63) is 17.8 Å². The second kappa shape index (κ2) is 6.23. The predicted molar refractivity (Wildman–Crippen MR) is 74.3 cm³/mol. The normalized spacial score (nSPS) is 17.6. The van der Waals surface area contributed by atoms with Crippen LogP contribution in [-0.4, -0.2) is 36.1 Å². The SMILES string of the molecule is CCOC(=O)c1cc(NCC2CCC(=O)N2)ncc1N. The maximum absolute atomic E-state index is 11.7. The Labute approximate surface area is 116 Å². The lowest BCUT2D eigenvalue weighted by Crippen LogP contribution is -2.32. The summed E-state index contributed by atoms with van der Waals surface area (Å²) in [5.41, 5.74) is 6.28. The standard InChI is InChI=1S/C13H18N4O3/c1-2-20-13(19)9-5-11(16-7-10(9)14)15-6-8-3-4-12(18)17-8/h5,7-8H,2-4,6,14H2,1H3,(H,15,16)(H,17,18). The molecule has 1 unspecified atom stereocenters. The molecule has 1 fully saturated rings. The highest BCUT2D eigenvalue weighted by Gasteiger charge is 2.20. The fraction of sp³-hybridized carbons (Fsp3) is 0.462. The van der Waals surface area contributed by atoms with Gasteiger partial charge in [0.25, 0.3) is 0 Å². The van der Waals surface area contributed by atoms with Crippen molar-refractivity contribution < 1.29 is 14.3 Å². The van der Waals surface area contributed by atoms with Crippen molar-refractivity contribution in [2.24, 2.45) is 0 Å². The van der Waals surface area contributed by atoms with E-state index in [4.69, 9.17) is 10.5 Å². The average molecular weight is 278 g/mol. The highest BCUT2D eigenvalue weighted by atomic mass is 16.5. The zero-order chi connectivity index (χ0) is 14.5. The van der Waals surface area contributed by atoms with Crippen molar-refractivity contribution in [3.63, 3.8) is 0 Å². The smallest absolute Gasteiger partial charge is 0.340 e. The lowest BCUT2D eigenvalue weighted by molar-refractivity contribution is -0.119. The van der Waals surface area contributed by atoms with Crippen molar-refractivity contribution in [3.8, 4) is 0 Å². The first-order valence-corrected chi connectivity index (χ1v) is 6.56. The van der Waals surface area contributed by atoms with E-state index in [2.05, 4.69) is 15.6 Å². The number of hydrogen-bond acceptors (Lipinski definition) is 6. The minimum Gasteiger partial charge on any atom is -0.462 e. The van der Waals surface area contributed by atoms with E-state index in [-0.39, 0.29) is 24.2 Å². The quantitative estimate of drug-likeness (QED) is 0.678. The zero-order valence-electron chi connectivity index (χ0n) is 11.3. The Balaban J connectivity index is 2.00. The van der Waals surface area contributed by atoms with Crippen molar-refractivity contribution in [2.75, 3.05) is 24.2 Å². The topological polar surface area (TPSA) is 106 Å². The van der Waals surface area contributed by atoms with E-state index in [1.165, 1.54) is 6.20 Å². The van der Waals surface area contributed by atoms with Gasteiger partial charge in [0.1, 0.15) is 5.82 Å². The fourth-order valence-corrected chi connectivity index (χ4v) is 2.01. The molecule has 0 spiro atoms. The second-order valence-corrected chi connectivity index (χ2v) is 4.56. The number of nitrogens with zero attached hydrogens (tertiary/aromatic N) is 1. The molecule has 1 aliphatic heterocycles. The van der Waals surface area contributed by atoms with E-state index < -0.39 is 5.97 Å². The van der Waals surface area contributed by atoms with Crippen molar-refractivity contribution >= 4 is 23.4 Å². The van der Waals surface area contributed by atoms with Crippen molar-refractivity contribution in [1.82, 2.24) is 10.3 Å². The zero-order valence-corrected chi connectivity index (χ0v) is 11.3. The predicted octanol–water partition coefficient (Wildman–Crippen LogP) is 0.531. The molecule has 1 aliphatic rings. The van der Waals surface area contributed by atoms with Crippen LogP contribution < -0.4 is 16.4 Å². The fourth-order valence-electron chi connectivity index (χ4n) is 2.01. The third-order valence-electron chi connectivity index (χ3n) is 3.04. The molecule has 0 aliphatic carbocycles. The summed E-state index contributed by atoms with van der Waals surface area (Å²) in [5.74, 6) is 0.127. The van der Waals surface area contributed by atoms with Crippen molar-refractivity contribution in [1.29, 1.82) is 0 Å². The molecule has 1 aromatic heterocycles. The Morgan fingerprint density at radius 3 is 3.10 bits per heavy atom. The van der Waals surface area contributed by atoms with Crippen LogP contribution in [0.3, 0.4) is 0 Å². The van der Waals surface area contributed by atoms with Crippen LogP contribution in [0.2, 0.25) is 0 Å². The highest BCUT2D eigenvalue weighted by molar-refractivity contribution is 5.95. The summed E-state index contributed by atoms with van der Waals surface area (Å²) in [6.45, 7) is 2.58. The number of ether oxygens (including phenoxy) is 1. The number of hydrogen-bond donors (Lipinski definition) is 3. The molecule has 1 atom stereocenters. The molecule has 0 saturated carbocycles. The van der Waals surface area contributed by atoms with Gasteiger partial charge in [-0.25, -0.2) is 9.78 Å². The number of aromatic nitrogens is 1. The number of amides is 1. The second-order valence-electron chi connectivity index (χ2n) is 4.56. The largest absolute Gasteiger partial charge is 0.462 e. The van der Waals surface area contributed by atoms with Crippen LogP contribution in [0.1, 0.15) is 30.1 Å². The Hall–Kier alpha value is -2.31. The van der Waals surface area contributed by atoms with Gasteiger partial charge in [-0.3, -0.25) is 4.79 Å². The Morgan fingerprint density at radius 1 is 1.65 bits per heavy atom. The van der Waals surface area contributed by atoms with Crippen LogP contribution in [0.15, 0.2) is 12.3 Å². The van der Waals surface area contributed by atoms with E-state index in [1.54, 1.807) is 13.0 Å². The maximum Gasteiger partial charge on any atom is 0.340 e. The molecule has 0 radical (unpaired) electrons. The molecule has 2 rings (SSSR count). The molecule has 4 N–H and O–H groups in total. The molecule has 1 saturated heterocycles. The number of carbonyl (C=O) groups is 2. The number of nitrogen functional groups attached to an aromatic ring is 1. The van der Waals surface area contributed by atoms with Gasteiger partial charge in [0, 0.05) is 19.0 Å². The molecular weight excluding hydrogens is 260 g/mol. The van der Waals surface area contributed by atoms with Crippen LogP contribution in [-0.2, 0) is 9.53 Å². The monoisotopic (exact) mass is 278 g/mol. The first-order chi connectivity index (χ1) is 9.60. The molecular formula is C13H18N4O3. The number of pyridine rings is 1. The molecule has 7 heteroatoms. The van der Waals surface area contributed by atoms with Gasteiger partial charge in [-0.1, -0.05) is 0 Å². The summed E-state index contributed by atoms with van der Waals surface area (Å²) in [4.78, 5) is 26.9. The number of esters is 1. The van der Waals surface area contributed by atoms with Crippen LogP contribution in [0.25, 0.3) is 0 Å². The van der Waals surface area contributed by atoms with Gasteiger partial charge in [-0.15, -0.1) is 0 Å². The Morgan fingerprint density at radius 2 is 2.45 bits per heavy atom. The van der Waals surface area contributed by atoms with Gasteiger partial charge >= 0.3 is 5.97 Å². The Kier molecular flexibility index (Phi) is 4.39. The molecule has 0 bridgehead atoms. The van der Waals surface area contributed by atoms with E-state index in [0.29, 0.717) is 24.3 Å². The highest BCUT2D eigenvalue weighted by Crippen LogP contribution is 2.16. The first kappa shape index (κ1) is 14.1. The van der Waals surface area contributed by atoms with Crippen LogP contribution >= 0.6 is 0 Å². The van der Waals surface area contributed by atoms with Crippen LogP contribution in [0.4, 0.5) is 11.5 Å². The summed E-state index contributed by atoms with van der Waals surface area (Å²) in [6, 6.07) is 1.65. The van der Waals surface area contributed by atoms with Gasteiger partial charge in [0.05, 0.1) is 24.1 Å². The van der Waals surface area contributed by atoms with Crippen molar-refractivity contribution in [2.45, 2.75) is 25.8 Å². The van der Waals surface area contributed by atoms with Gasteiger partial charge in [-0.2, -0.15) is 0 Å². The number of nitrogens with one attached hydrogen (secondary N) is 2. The van der Waals surface area contributed by atoms with Gasteiger partial charge in [0.15, 0.2) is 0 Å². The van der Waals surface area contributed by atoms with Gasteiger partial charge in [0.2, 0.25) is 5.91 Å². The van der Waals surface area contributed by atoms with E-state index in [1.807, 2.05) is 0 Å². The average Bonchev–Trinajstić information content (AvgIpc) is 2.84. The van der Waals surface area contributed by atoms with Gasteiger partial charge < -0.3 is 21.1 Å².